The quantitative estimate of drug-likeness (QED) is 0.128. The third-order valence-corrected chi connectivity index (χ3v) is 31.5. The van der Waals surface area contributed by atoms with Crippen LogP contribution in [0.3, 0.4) is 0 Å². The van der Waals surface area contributed by atoms with Gasteiger partial charge in [-0.05, 0) is 132 Å². The van der Waals surface area contributed by atoms with Gasteiger partial charge >= 0.3 is 0 Å². The fraction of sp³-hybridized carbons (Fsp3) is 0. The van der Waals surface area contributed by atoms with Crippen molar-refractivity contribution in [3.63, 3.8) is 0 Å². The van der Waals surface area contributed by atoms with Gasteiger partial charge in [0.15, 0.2) is 0 Å². The Kier molecular flexibility index (Phi) is 19.7. The standard InChI is InChI=1S/2C44H27N3S.C42H25N3S/c1-3-14-28(15-4-1)30-18-13-19-31(26-30)37-27-36(29-16-5-2-6-17-29)45-44(46-37)47-38-24-11-9-22-34(38)40-32-20-7-8-21-33(32)41-35-23-10-12-25-39(35)48-43(41)42(40)47;1-3-13-28(14-4-1)29-23-25-31(26-24-29)37-27-36(30-15-5-2-6-16-30)45-44(46-37)47-38-21-11-9-19-34(38)40-32-17-7-8-18-33(32)41-35-20-10-12-22-39(35)48-43(41)42(40)47;1-2-13-27(14-3-1)34-25-35(29-23-22-26-12-4-5-15-28(26)24-29)44-42(43-34)45-36-20-10-8-18-32(36)38-30-16-6-7-17-31(30)39-33-19-9-11-21-37(33)46-41(39)40(38)45/h2*1-27H;1-25H. The minimum absolute atomic E-state index is 0.664. The molecule has 0 radical (unpaired) electrons. The number of nitrogens with zero attached hydrogens (tertiary/aromatic N) is 9. The summed E-state index contributed by atoms with van der Waals surface area (Å²) in [5.74, 6) is 2.00. The number of fused-ring (bicyclic) bond motifs is 31. The molecule has 0 unspecified atom stereocenters. The number of hydrogen-bond donors (Lipinski definition) is 0. The normalized spacial score (nSPS) is 11.8. The Hall–Kier alpha value is -18.0. The molecule has 0 saturated carbocycles. The van der Waals surface area contributed by atoms with Crippen LogP contribution in [0.5, 0.6) is 0 Å². The molecule has 21 aromatic carbocycles. The Morgan fingerprint density at radius 1 is 0.148 bits per heavy atom. The van der Waals surface area contributed by atoms with Crippen molar-refractivity contribution in [1.29, 1.82) is 0 Å². The van der Waals surface area contributed by atoms with Crippen LogP contribution in [0, 0.1) is 0 Å². The first-order valence-electron chi connectivity index (χ1n) is 47.9. The predicted molar refractivity (Wildman–Crippen MR) is 601 cm³/mol. The summed E-state index contributed by atoms with van der Waals surface area (Å²) in [7, 11) is 0. The van der Waals surface area contributed by atoms with Gasteiger partial charge in [0.25, 0.3) is 0 Å². The smallest absolute Gasteiger partial charge is 0.235 e. The number of hydrogen-bond acceptors (Lipinski definition) is 9. The van der Waals surface area contributed by atoms with Crippen molar-refractivity contribution >= 4 is 203 Å². The molecule has 9 heterocycles. The minimum atomic E-state index is 0.664. The Morgan fingerprint density at radius 3 is 0.739 bits per heavy atom. The van der Waals surface area contributed by atoms with E-state index in [9.17, 15) is 0 Å². The molecule has 662 valence electrons. The van der Waals surface area contributed by atoms with E-state index in [4.69, 9.17) is 29.9 Å². The summed E-state index contributed by atoms with van der Waals surface area (Å²) in [5, 5.41) is 25.0. The molecule has 9 aromatic heterocycles. The summed E-state index contributed by atoms with van der Waals surface area (Å²) < 4.78 is 14.5. The molecule has 142 heavy (non-hydrogen) atoms. The molecule has 0 atom stereocenters. The van der Waals surface area contributed by atoms with Crippen molar-refractivity contribution in [3.8, 4) is 108 Å². The number of rotatable bonds is 11. The van der Waals surface area contributed by atoms with E-state index < -0.39 is 0 Å². The van der Waals surface area contributed by atoms with Crippen molar-refractivity contribution in [2.24, 2.45) is 0 Å². The van der Waals surface area contributed by atoms with E-state index in [-0.39, 0.29) is 0 Å². The molecule has 0 aliphatic rings. The highest BCUT2D eigenvalue weighted by Crippen LogP contribution is 2.53. The molecule has 0 saturated heterocycles. The van der Waals surface area contributed by atoms with Gasteiger partial charge in [-0.15, -0.1) is 34.0 Å². The lowest BCUT2D eigenvalue weighted by molar-refractivity contribution is 0.998. The van der Waals surface area contributed by atoms with Crippen molar-refractivity contribution in [3.05, 3.63) is 479 Å². The zero-order valence-corrected chi connectivity index (χ0v) is 78.8. The number of thiophene rings is 3. The highest BCUT2D eigenvalue weighted by Gasteiger charge is 2.30. The summed E-state index contributed by atoms with van der Waals surface area (Å²) >= 11 is 5.56. The highest BCUT2D eigenvalue weighted by atomic mass is 32.1. The van der Waals surface area contributed by atoms with E-state index >= 15 is 0 Å². The van der Waals surface area contributed by atoms with Gasteiger partial charge in [0.1, 0.15) is 0 Å². The fourth-order valence-corrected chi connectivity index (χ4v) is 25.4. The zero-order valence-electron chi connectivity index (χ0n) is 76.4. The van der Waals surface area contributed by atoms with Crippen LogP contribution in [0.15, 0.2) is 479 Å². The van der Waals surface area contributed by atoms with Crippen LogP contribution in [0.2, 0.25) is 0 Å². The topological polar surface area (TPSA) is 92.1 Å². The summed E-state index contributed by atoms with van der Waals surface area (Å²) in [4.78, 5) is 32.2. The van der Waals surface area contributed by atoms with Crippen molar-refractivity contribution in [2.45, 2.75) is 0 Å². The van der Waals surface area contributed by atoms with Gasteiger partial charge in [0, 0.05) is 112 Å². The average molecular weight is 1860 g/mol. The first-order chi connectivity index (χ1) is 70.4. The zero-order chi connectivity index (χ0) is 93.4. The Labute approximate surface area is 827 Å². The molecular weight excluding hydrogens is 1780 g/mol. The summed E-state index contributed by atoms with van der Waals surface area (Å²) in [6.07, 6.45) is 0. The van der Waals surface area contributed by atoms with Gasteiger partial charge < -0.3 is 0 Å². The maximum atomic E-state index is 5.40. The Morgan fingerprint density at radius 2 is 0.380 bits per heavy atom. The second-order valence-corrected chi connectivity index (χ2v) is 39.3. The Bertz CT molecular complexity index is 10300. The molecule has 0 aliphatic heterocycles. The van der Waals surface area contributed by atoms with Gasteiger partial charge in [-0.2, -0.15) is 0 Å². The highest BCUT2D eigenvalue weighted by molar-refractivity contribution is 7.28. The van der Waals surface area contributed by atoms with Crippen LogP contribution in [0.25, 0.3) is 277 Å². The molecule has 0 fully saturated rings. The van der Waals surface area contributed by atoms with Gasteiger partial charge in [-0.3, -0.25) is 13.7 Å². The Balaban J connectivity index is 0.000000104. The van der Waals surface area contributed by atoms with E-state index in [0.29, 0.717) is 17.8 Å². The van der Waals surface area contributed by atoms with Gasteiger partial charge in [-0.25, -0.2) is 29.9 Å². The summed E-state index contributed by atoms with van der Waals surface area (Å²) in [6, 6.07) is 170. The minimum Gasteiger partial charge on any atom is -0.276 e. The number of para-hydroxylation sites is 3. The summed E-state index contributed by atoms with van der Waals surface area (Å²) in [6.45, 7) is 0. The molecule has 9 nitrogen and oxygen atoms in total. The molecule has 30 rings (SSSR count). The predicted octanol–water partition coefficient (Wildman–Crippen LogP) is 35.8. The third-order valence-electron chi connectivity index (χ3n) is 28.0. The maximum absolute atomic E-state index is 5.40. The van der Waals surface area contributed by atoms with Crippen molar-refractivity contribution < 1.29 is 0 Å². The van der Waals surface area contributed by atoms with Gasteiger partial charge in [-0.1, -0.05) is 413 Å². The lowest BCUT2D eigenvalue weighted by Gasteiger charge is -2.13. The van der Waals surface area contributed by atoms with Gasteiger partial charge in [0.2, 0.25) is 17.8 Å². The first kappa shape index (κ1) is 82.2. The molecular formula is C130H79N9S3. The molecule has 0 spiro atoms. The van der Waals surface area contributed by atoms with Crippen LogP contribution in [-0.2, 0) is 0 Å². The molecule has 0 N–H and O–H groups in total. The first-order valence-corrected chi connectivity index (χ1v) is 50.3. The lowest BCUT2D eigenvalue weighted by atomic mass is 9.99. The van der Waals surface area contributed by atoms with E-state index in [0.717, 1.165) is 106 Å². The van der Waals surface area contributed by atoms with E-state index in [1.165, 1.54) is 153 Å². The van der Waals surface area contributed by atoms with Crippen LogP contribution < -0.4 is 0 Å². The monoisotopic (exact) mass is 1860 g/mol. The largest absolute Gasteiger partial charge is 0.276 e. The molecule has 30 aromatic rings. The van der Waals surface area contributed by atoms with E-state index in [2.05, 4.69) is 475 Å². The maximum Gasteiger partial charge on any atom is 0.235 e. The van der Waals surface area contributed by atoms with Crippen LogP contribution >= 0.6 is 34.0 Å². The fourth-order valence-electron chi connectivity index (χ4n) is 21.6. The van der Waals surface area contributed by atoms with Crippen LogP contribution in [-0.4, -0.2) is 43.6 Å². The van der Waals surface area contributed by atoms with Gasteiger partial charge in [0.05, 0.1) is 81.4 Å². The third kappa shape index (κ3) is 13.7. The second kappa shape index (κ2) is 34.0. The molecule has 12 heteroatoms. The SMILES string of the molecule is c1ccc(-c2cc(-c3ccc4ccccc4c3)nc(-n3c4ccccc4c4c5ccccc5c5c6ccccc6sc5c43)n2)cc1.c1ccc(-c2ccc(-c3cc(-c4ccccc4)nc(-n4c5ccccc5c5c6ccccc6c6c7ccccc7sc6c54)n3)cc2)cc1.c1ccc(-c2cccc(-c3cc(-c4ccccc4)nc(-n4c5ccccc5c5c6ccccc6c6c7ccccc7sc6c54)n3)c2)cc1. The molecule has 0 bridgehead atoms. The molecule has 0 aliphatic carbocycles. The number of aromatic nitrogens is 9. The summed E-state index contributed by atoms with van der Waals surface area (Å²) in [5.41, 5.74) is 23.2. The number of benzene rings is 21. The van der Waals surface area contributed by atoms with Crippen LogP contribution in [0.4, 0.5) is 0 Å². The molecule has 0 amide bonds. The van der Waals surface area contributed by atoms with Crippen molar-refractivity contribution in [1.82, 2.24) is 43.6 Å². The lowest BCUT2D eigenvalue weighted by Crippen LogP contribution is -2.04. The van der Waals surface area contributed by atoms with Crippen LogP contribution in [0.1, 0.15) is 0 Å². The van der Waals surface area contributed by atoms with E-state index in [1.807, 2.05) is 52.2 Å². The van der Waals surface area contributed by atoms with Crippen molar-refractivity contribution in [2.75, 3.05) is 0 Å². The van der Waals surface area contributed by atoms with E-state index in [1.54, 1.807) is 0 Å². The average Bonchev–Trinajstić information content (AvgIpc) is 1.54. The second-order valence-electron chi connectivity index (χ2n) is 36.1.